The molecule has 1 aliphatic rings. The summed E-state index contributed by atoms with van der Waals surface area (Å²) < 4.78 is 37.2. The summed E-state index contributed by atoms with van der Waals surface area (Å²) >= 11 is 5.39. The SMILES string of the molecule is C#CCOCCOCCOCCCl.C#CCOCCOCCOCCn1ccnc1-c1nccn1C.Cn1ccnc1C1=NC=[C+]C1. The molecule has 0 saturated heterocycles. The summed E-state index contributed by atoms with van der Waals surface area (Å²) in [5, 5.41) is 0. The number of halogens is 1. The van der Waals surface area contributed by atoms with Gasteiger partial charge >= 0.3 is 0 Å². The molecule has 0 fully saturated rings. The number of hydrogen-bond donors (Lipinski definition) is 0. The van der Waals surface area contributed by atoms with Gasteiger partial charge in [-0.25, -0.2) is 19.9 Å². The van der Waals surface area contributed by atoms with Gasteiger partial charge in [0.1, 0.15) is 18.9 Å². The molecule has 0 amide bonds. The van der Waals surface area contributed by atoms with Gasteiger partial charge in [0.25, 0.3) is 12.3 Å². The number of aromatic nitrogens is 6. The van der Waals surface area contributed by atoms with E-state index in [2.05, 4.69) is 37.9 Å². The third kappa shape index (κ3) is 17.0. The predicted molar refractivity (Wildman–Crippen MR) is 180 cm³/mol. The van der Waals surface area contributed by atoms with E-state index < -0.39 is 0 Å². The van der Waals surface area contributed by atoms with Crippen molar-refractivity contribution >= 4 is 17.3 Å². The van der Waals surface area contributed by atoms with E-state index in [9.17, 15) is 0 Å². The molecule has 4 heterocycles. The molecule has 0 unspecified atom stereocenters. The molecular weight excluding hydrogens is 626 g/mol. The van der Waals surface area contributed by atoms with Gasteiger partial charge in [0.2, 0.25) is 6.42 Å². The molecule has 0 aliphatic carbocycles. The maximum absolute atomic E-state index is 5.56. The minimum absolute atomic E-state index is 0.323. The molecule has 3 aromatic rings. The normalized spacial score (nSPS) is 11.5. The van der Waals surface area contributed by atoms with Gasteiger partial charge in [-0.05, 0) is 0 Å². The Morgan fingerprint density at radius 1 is 0.681 bits per heavy atom. The summed E-state index contributed by atoms with van der Waals surface area (Å²) in [5.41, 5.74) is 0.998. The highest BCUT2D eigenvalue weighted by molar-refractivity contribution is 6.17. The van der Waals surface area contributed by atoms with Crippen LogP contribution in [0.2, 0.25) is 0 Å². The number of nitrogens with zero attached hydrogens (tertiary/aromatic N) is 7. The number of aryl methyl sites for hydroxylation is 2. The van der Waals surface area contributed by atoms with Crippen molar-refractivity contribution < 1.29 is 28.4 Å². The standard InChI is InChI=1S/C16H22N4O3.C9H15ClO3.C8H8N3/c1-3-9-21-11-13-23-14-12-22-10-8-20-7-5-18-16(20)15-17-4-6-19(15)2;1-2-4-11-6-8-13-9-7-12-5-3-10;1-11-6-5-10-8(11)7-3-2-4-9-7/h1,4-7H,8-14H2,2H3;1H,3-9H2;4-6H,3H2,1H3/q;;+1. The number of hydrogen-bond acceptors (Lipinski definition) is 10. The largest absolute Gasteiger partial charge is 0.378 e. The lowest BCUT2D eigenvalue weighted by Gasteiger charge is -2.09. The van der Waals surface area contributed by atoms with Crippen LogP contribution >= 0.6 is 11.6 Å². The first-order valence-corrected chi connectivity index (χ1v) is 15.6. The van der Waals surface area contributed by atoms with Crippen LogP contribution in [0.4, 0.5) is 0 Å². The van der Waals surface area contributed by atoms with Crippen molar-refractivity contribution in [2.24, 2.45) is 19.1 Å². The topological polar surface area (TPSA) is 121 Å². The Bertz CT molecular complexity index is 1370. The van der Waals surface area contributed by atoms with Gasteiger partial charge in [-0.2, -0.15) is 0 Å². The summed E-state index contributed by atoms with van der Waals surface area (Å²) in [6, 6.07) is 0. The first kappa shape index (κ1) is 39.3. The summed E-state index contributed by atoms with van der Waals surface area (Å²) in [6.07, 6.45) is 26.6. The smallest absolute Gasteiger partial charge is 0.268 e. The van der Waals surface area contributed by atoms with Crippen molar-refractivity contribution in [3.63, 3.8) is 0 Å². The molecular formula is C33H45ClN7O6+. The van der Waals surface area contributed by atoms with Crippen molar-refractivity contribution in [1.29, 1.82) is 0 Å². The van der Waals surface area contributed by atoms with Gasteiger partial charge in [0.05, 0.1) is 66.1 Å². The van der Waals surface area contributed by atoms with Gasteiger partial charge in [-0.1, -0.05) is 11.8 Å². The average Bonchev–Trinajstić information content (AvgIpc) is 3.91. The van der Waals surface area contributed by atoms with Crippen LogP contribution in [0.3, 0.4) is 0 Å². The van der Waals surface area contributed by atoms with Crippen LogP contribution < -0.4 is 0 Å². The van der Waals surface area contributed by atoms with Gasteiger partial charge in [0, 0.05) is 63.7 Å². The number of rotatable bonds is 21. The van der Waals surface area contributed by atoms with Crippen molar-refractivity contribution in [1.82, 2.24) is 28.7 Å². The number of allylic oxidation sites excluding steroid dienone is 1. The van der Waals surface area contributed by atoms with Crippen LogP contribution in [0.1, 0.15) is 12.2 Å². The van der Waals surface area contributed by atoms with E-state index in [1.807, 2.05) is 46.4 Å². The number of alkyl halides is 1. The number of imidazole rings is 3. The maximum atomic E-state index is 5.56. The molecule has 13 nitrogen and oxygen atoms in total. The first-order valence-electron chi connectivity index (χ1n) is 15.1. The van der Waals surface area contributed by atoms with Crippen LogP contribution in [0.25, 0.3) is 11.6 Å². The average molecular weight is 671 g/mol. The quantitative estimate of drug-likeness (QED) is 0.0729. The predicted octanol–water partition coefficient (Wildman–Crippen LogP) is 2.80. The van der Waals surface area contributed by atoms with Gasteiger partial charge in [-0.15, -0.1) is 24.4 Å². The lowest BCUT2D eigenvalue weighted by atomic mass is 10.3. The second-order valence-corrected chi connectivity index (χ2v) is 9.78. The molecule has 254 valence electrons. The molecule has 47 heavy (non-hydrogen) atoms. The molecule has 4 rings (SSSR count). The van der Waals surface area contributed by atoms with Crippen LogP contribution in [0, 0.1) is 30.8 Å². The zero-order chi connectivity index (χ0) is 33.8. The highest BCUT2D eigenvalue weighted by Crippen LogP contribution is 2.14. The third-order valence-electron chi connectivity index (χ3n) is 5.95. The summed E-state index contributed by atoms with van der Waals surface area (Å²) in [6.45, 7) is 6.86. The van der Waals surface area contributed by atoms with E-state index in [4.69, 9.17) is 52.9 Å². The fourth-order valence-electron chi connectivity index (χ4n) is 3.73. The molecule has 3 aromatic heterocycles. The van der Waals surface area contributed by atoms with Crippen molar-refractivity contribution in [2.75, 3.05) is 85.2 Å². The van der Waals surface area contributed by atoms with E-state index >= 15 is 0 Å². The fourth-order valence-corrected chi connectivity index (χ4v) is 3.84. The summed E-state index contributed by atoms with van der Waals surface area (Å²) in [4.78, 5) is 17.0. The number of terminal acetylenes is 2. The zero-order valence-corrected chi connectivity index (χ0v) is 28.0. The minimum atomic E-state index is 0.323. The highest BCUT2D eigenvalue weighted by Gasteiger charge is 2.17. The second kappa shape index (κ2) is 26.2. The molecule has 0 N–H and O–H groups in total. The highest BCUT2D eigenvalue weighted by atomic mass is 35.5. The Morgan fingerprint density at radius 3 is 1.66 bits per heavy atom. The Hall–Kier alpha value is -3.88. The van der Waals surface area contributed by atoms with Crippen LogP contribution in [0.5, 0.6) is 0 Å². The maximum Gasteiger partial charge on any atom is 0.268 e. The van der Waals surface area contributed by atoms with E-state index in [1.165, 1.54) is 0 Å². The van der Waals surface area contributed by atoms with Crippen LogP contribution in [-0.2, 0) is 49.1 Å². The van der Waals surface area contributed by atoms with E-state index in [0.717, 1.165) is 29.6 Å². The summed E-state index contributed by atoms with van der Waals surface area (Å²) in [5.74, 6) is 7.90. The monoisotopic (exact) mass is 670 g/mol. The molecule has 0 radical (unpaired) electrons. The van der Waals surface area contributed by atoms with Crippen LogP contribution in [-0.4, -0.2) is 120 Å². The van der Waals surface area contributed by atoms with Gasteiger partial charge < -0.3 is 42.1 Å². The lowest BCUT2D eigenvalue weighted by Crippen LogP contribution is -2.13. The molecule has 0 saturated carbocycles. The van der Waals surface area contributed by atoms with E-state index in [1.54, 1.807) is 24.8 Å². The molecule has 1 aliphatic heterocycles. The lowest BCUT2D eigenvalue weighted by molar-refractivity contribution is 0.0187. The molecule has 14 heteroatoms. The van der Waals surface area contributed by atoms with Crippen LogP contribution in [0.15, 0.2) is 48.4 Å². The Morgan fingerprint density at radius 2 is 1.17 bits per heavy atom. The fraction of sp³-hybridized carbons (Fsp3) is 0.515. The molecule has 0 spiro atoms. The Labute approximate surface area is 282 Å². The van der Waals surface area contributed by atoms with Crippen molar-refractivity contribution in [2.45, 2.75) is 13.0 Å². The minimum Gasteiger partial charge on any atom is -0.378 e. The summed E-state index contributed by atoms with van der Waals surface area (Å²) in [7, 11) is 3.91. The zero-order valence-electron chi connectivity index (χ0n) is 27.3. The second-order valence-electron chi connectivity index (χ2n) is 9.41. The van der Waals surface area contributed by atoms with Gasteiger partial charge in [-0.3, -0.25) is 0 Å². The number of aliphatic imine (C=N–C) groups is 1. The van der Waals surface area contributed by atoms with Crippen molar-refractivity contribution in [3.05, 3.63) is 55.3 Å². The third-order valence-corrected chi connectivity index (χ3v) is 6.11. The van der Waals surface area contributed by atoms with E-state index in [0.29, 0.717) is 91.7 Å². The van der Waals surface area contributed by atoms with E-state index in [-0.39, 0.29) is 0 Å². The molecule has 0 atom stereocenters. The Balaban J connectivity index is 0.000000270. The molecule has 0 aromatic carbocycles. The molecule has 0 bridgehead atoms. The Kier molecular flexibility index (Phi) is 21.9. The number of ether oxygens (including phenoxy) is 6. The first-order chi connectivity index (χ1) is 23.1. The van der Waals surface area contributed by atoms with Crippen molar-refractivity contribution in [3.8, 4) is 36.3 Å². The van der Waals surface area contributed by atoms with Gasteiger partial charge in [0.15, 0.2) is 17.5 Å².